The summed E-state index contributed by atoms with van der Waals surface area (Å²) in [6.07, 6.45) is -3.49. The van der Waals surface area contributed by atoms with Crippen molar-refractivity contribution in [1.29, 1.82) is 0 Å². The molecule has 5 nitrogen and oxygen atoms in total. The molecule has 0 aliphatic carbocycles. The summed E-state index contributed by atoms with van der Waals surface area (Å²) in [5.41, 5.74) is -1.96. The number of hydrogen-bond donors (Lipinski definition) is 2. The second-order valence-electron chi connectivity index (χ2n) is 6.31. The lowest BCUT2D eigenvalue weighted by molar-refractivity contribution is -0.141. The standard InChI is InChI=1S/C17H15F4N3O2/c1-7(2)11-6-24(14-8(3)22-23-15(14)17(19,20)21)16(26)10-4-12(18)13(25)5-9(10)11/h4-7,25H,1-3H3,(H,22,23). The minimum absolute atomic E-state index is 0.0488. The first kappa shape index (κ1) is 18.0. The number of aromatic nitrogens is 3. The Morgan fingerprint density at radius 2 is 1.88 bits per heavy atom. The fourth-order valence-corrected chi connectivity index (χ4v) is 2.92. The van der Waals surface area contributed by atoms with Gasteiger partial charge >= 0.3 is 6.18 Å². The van der Waals surface area contributed by atoms with Gasteiger partial charge in [0.1, 0.15) is 5.69 Å². The number of H-pyrrole nitrogens is 1. The van der Waals surface area contributed by atoms with Crippen LogP contribution in [-0.4, -0.2) is 19.9 Å². The molecule has 138 valence electrons. The zero-order valence-corrected chi connectivity index (χ0v) is 14.1. The first-order valence-corrected chi connectivity index (χ1v) is 7.72. The number of nitrogens with one attached hydrogen (secondary N) is 1. The van der Waals surface area contributed by atoms with Gasteiger partial charge in [-0.3, -0.25) is 14.5 Å². The molecule has 0 spiro atoms. The molecule has 1 aromatic carbocycles. The highest BCUT2D eigenvalue weighted by atomic mass is 19.4. The predicted octanol–water partition coefficient (Wildman–Crippen LogP) is 4.01. The molecule has 0 saturated carbocycles. The Bertz CT molecular complexity index is 1060. The van der Waals surface area contributed by atoms with Crippen molar-refractivity contribution >= 4 is 10.8 Å². The molecule has 0 saturated heterocycles. The van der Waals surface area contributed by atoms with E-state index in [-0.39, 0.29) is 22.4 Å². The van der Waals surface area contributed by atoms with Crippen LogP contribution in [0.25, 0.3) is 16.5 Å². The third-order valence-electron chi connectivity index (χ3n) is 4.16. The highest BCUT2D eigenvalue weighted by Gasteiger charge is 2.38. The number of phenolic OH excluding ortho intramolecular Hbond substituents is 1. The van der Waals surface area contributed by atoms with Crippen LogP contribution in [0.5, 0.6) is 5.75 Å². The van der Waals surface area contributed by atoms with Crippen LogP contribution in [-0.2, 0) is 6.18 Å². The highest BCUT2D eigenvalue weighted by Crippen LogP contribution is 2.35. The monoisotopic (exact) mass is 369 g/mol. The lowest BCUT2D eigenvalue weighted by atomic mass is 9.98. The second-order valence-corrected chi connectivity index (χ2v) is 6.31. The van der Waals surface area contributed by atoms with Crippen LogP contribution in [0, 0.1) is 12.7 Å². The lowest BCUT2D eigenvalue weighted by Gasteiger charge is -2.16. The van der Waals surface area contributed by atoms with Crippen molar-refractivity contribution in [3.8, 4) is 11.4 Å². The first-order chi connectivity index (χ1) is 12.0. The van der Waals surface area contributed by atoms with E-state index in [1.54, 1.807) is 13.8 Å². The van der Waals surface area contributed by atoms with Crippen molar-refractivity contribution in [2.24, 2.45) is 0 Å². The van der Waals surface area contributed by atoms with Crippen molar-refractivity contribution in [2.45, 2.75) is 32.9 Å². The molecule has 9 heteroatoms. The Morgan fingerprint density at radius 3 is 2.46 bits per heavy atom. The largest absolute Gasteiger partial charge is 0.505 e. The zero-order chi connectivity index (χ0) is 19.4. The Balaban J connectivity index is 2.47. The van der Waals surface area contributed by atoms with E-state index in [0.29, 0.717) is 5.56 Å². The molecule has 2 N–H and O–H groups in total. The SMILES string of the molecule is Cc1[nH]nc(C(F)(F)F)c1-n1cc(C(C)C)c2cc(O)c(F)cc2c1=O. The number of pyridine rings is 1. The van der Waals surface area contributed by atoms with Crippen LogP contribution in [0.4, 0.5) is 17.6 Å². The summed E-state index contributed by atoms with van der Waals surface area (Å²) in [5.74, 6) is -1.86. The van der Waals surface area contributed by atoms with Gasteiger partial charge in [0.05, 0.1) is 11.1 Å². The van der Waals surface area contributed by atoms with E-state index in [2.05, 4.69) is 10.2 Å². The van der Waals surface area contributed by atoms with Gasteiger partial charge in [-0.2, -0.15) is 18.3 Å². The maximum atomic E-state index is 13.8. The third kappa shape index (κ3) is 2.73. The average Bonchev–Trinajstić information content (AvgIpc) is 2.91. The van der Waals surface area contributed by atoms with Crippen LogP contribution in [0.15, 0.2) is 23.1 Å². The summed E-state index contributed by atoms with van der Waals surface area (Å²) in [5, 5.41) is 15.3. The van der Waals surface area contributed by atoms with E-state index < -0.39 is 34.7 Å². The van der Waals surface area contributed by atoms with Crippen molar-refractivity contribution in [1.82, 2.24) is 14.8 Å². The molecule has 2 heterocycles. The number of halogens is 4. The number of rotatable bonds is 2. The summed E-state index contributed by atoms with van der Waals surface area (Å²) in [6, 6.07) is 1.94. The molecule has 2 aromatic heterocycles. The molecule has 0 amide bonds. The minimum atomic E-state index is -4.77. The van der Waals surface area contributed by atoms with E-state index in [4.69, 9.17) is 0 Å². The molecule has 0 atom stereocenters. The molecular weight excluding hydrogens is 354 g/mol. The molecular formula is C17H15F4N3O2. The molecule has 0 bridgehead atoms. The van der Waals surface area contributed by atoms with Crippen molar-refractivity contribution < 1.29 is 22.7 Å². The topological polar surface area (TPSA) is 70.9 Å². The third-order valence-corrected chi connectivity index (χ3v) is 4.16. The zero-order valence-electron chi connectivity index (χ0n) is 14.1. The molecule has 0 radical (unpaired) electrons. The number of alkyl halides is 3. The van der Waals surface area contributed by atoms with Crippen molar-refractivity contribution in [2.75, 3.05) is 0 Å². The molecule has 26 heavy (non-hydrogen) atoms. The summed E-state index contributed by atoms with van der Waals surface area (Å²) < 4.78 is 54.5. The van der Waals surface area contributed by atoms with Gasteiger partial charge in [-0.15, -0.1) is 0 Å². The summed E-state index contributed by atoms with van der Waals surface area (Å²) in [6.45, 7) is 4.91. The van der Waals surface area contributed by atoms with Gasteiger partial charge in [0.25, 0.3) is 5.56 Å². The maximum absolute atomic E-state index is 13.8. The number of benzene rings is 1. The van der Waals surface area contributed by atoms with Gasteiger partial charge in [0, 0.05) is 6.20 Å². The molecule has 3 rings (SSSR count). The molecule has 0 unspecified atom stereocenters. The fourth-order valence-electron chi connectivity index (χ4n) is 2.92. The Kier molecular flexibility index (Phi) is 4.05. The molecule has 0 aliphatic rings. The Hall–Kier alpha value is -2.84. The maximum Gasteiger partial charge on any atom is 0.437 e. The number of aromatic hydroxyl groups is 1. The number of phenols is 1. The van der Waals surface area contributed by atoms with Crippen molar-refractivity contribution in [3.05, 3.63) is 51.5 Å². The molecule has 0 fully saturated rings. The van der Waals surface area contributed by atoms with Crippen LogP contribution in [0.3, 0.4) is 0 Å². The molecule has 0 aliphatic heterocycles. The fraction of sp³-hybridized carbons (Fsp3) is 0.294. The first-order valence-electron chi connectivity index (χ1n) is 7.72. The highest BCUT2D eigenvalue weighted by molar-refractivity contribution is 5.87. The Morgan fingerprint density at radius 1 is 1.23 bits per heavy atom. The van der Waals surface area contributed by atoms with Gasteiger partial charge in [-0.25, -0.2) is 4.39 Å². The summed E-state index contributed by atoms with van der Waals surface area (Å²) >= 11 is 0. The van der Waals surface area contributed by atoms with E-state index in [0.717, 1.165) is 16.7 Å². The smallest absolute Gasteiger partial charge is 0.437 e. The van der Waals surface area contributed by atoms with Crippen LogP contribution < -0.4 is 5.56 Å². The number of hydrogen-bond acceptors (Lipinski definition) is 3. The van der Waals surface area contributed by atoms with E-state index in [1.807, 2.05) is 0 Å². The van der Waals surface area contributed by atoms with Crippen LogP contribution in [0.2, 0.25) is 0 Å². The van der Waals surface area contributed by atoms with Gasteiger partial charge in [-0.1, -0.05) is 13.8 Å². The summed E-state index contributed by atoms with van der Waals surface area (Å²) in [4.78, 5) is 12.8. The second kappa shape index (κ2) is 5.86. The van der Waals surface area contributed by atoms with E-state index in [1.165, 1.54) is 13.1 Å². The Labute approximate surface area is 144 Å². The molecule has 3 aromatic rings. The van der Waals surface area contributed by atoms with Gasteiger partial charge in [0.2, 0.25) is 0 Å². The van der Waals surface area contributed by atoms with Gasteiger partial charge in [0.15, 0.2) is 17.3 Å². The van der Waals surface area contributed by atoms with Crippen LogP contribution in [0.1, 0.15) is 36.7 Å². The average molecular weight is 369 g/mol. The number of nitrogens with zero attached hydrogens (tertiary/aromatic N) is 2. The lowest BCUT2D eigenvalue weighted by Crippen LogP contribution is -2.23. The quantitative estimate of drug-likeness (QED) is 0.671. The van der Waals surface area contributed by atoms with E-state index in [9.17, 15) is 27.5 Å². The number of fused-ring (bicyclic) bond motifs is 1. The minimum Gasteiger partial charge on any atom is -0.505 e. The van der Waals surface area contributed by atoms with Crippen molar-refractivity contribution in [3.63, 3.8) is 0 Å². The number of aryl methyl sites for hydroxylation is 1. The normalized spacial score (nSPS) is 12.3. The number of aromatic amines is 1. The van der Waals surface area contributed by atoms with Gasteiger partial charge in [-0.05, 0) is 35.9 Å². The van der Waals surface area contributed by atoms with Crippen LogP contribution >= 0.6 is 0 Å². The summed E-state index contributed by atoms with van der Waals surface area (Å²) in [7, 11) is 0. The predicted molar refractivity (Wildman–Crippen MR) is 87.1 cm³/mol. The van der Waals surface area contributed by atoms with Gasteiger partial charge < -0.3 is 5.11 Å². The van der Waals surface area contributed by atoms with E-state index >= 15 is 0 Å².